The number of carboxylic acids is 1. The van der Waals surface area contributed by atoms with Gasteiger partial charge in [-0.1, -0.05) is 45.0 Å². The van der Waals surface area contributed by atoms with Crippen LogP contribution in [0.15, 0.2) is 47.5 Å². The number of benzene rings is 2. The summed E-state index contributed by atoms with van der Waals surface area (Å²) in [5.74, 6) is -0.503. The first-order valence-corrected chi connectivity index (χ1v) is 12.8. The lowest BCUT2D eigenvalue weighted by atomic mass is 10.00. The number of aliphatic imine (C=N–C) groups is 1. The fourth-order valence-electron chi connectivity index (χ4n) is 3.79. The topological polar surface area (TPSA) is 112 Å². The maximum absolute atomic E-state index is 12.7. The molecule has 1 fully saturated rings. The first kappa shape index (κ1) is 30.5. The van der Waals surface area contributed by atoms with Crippen LogP contribution in [0.2, 0.25) is 0 Å². The van der Waals surface area contributed by atoms with E-state index >= 15 is 0 Å². The van der Waals surface area contributed by atoms with Crippen LogP contribution in [0.4, 0.5) is 11.4 Å². The van der Waals surface area contributed by atoms with E-state index in [1.54, 1.807) is 36.2 Å². The lowest BCUT2D eigenvalue weighted by Gasteiger charge is -2.31. The lowest BCUT2D eigenvalue weighted by Crippen LogP contribution is -2.38. The average Bonchev–Trinajstić information content (AvgIpc) is 2.87. The standard InChI is InChI=1S/C25H30N4O5.C4H10/c1-18-7-8-19(13-23(18)29-9-11-34-12-10-29)22(14-25(32)33)27-24(31)15-28(2)17-26-21-6-4-3-5-20(21)16-30;1-4(2)3/h3-8,13,16-17,22H,9-12,14-15H2,1-2H3,(H,27,31)(H,32,33);4H,1-3H3. The number of rotatable bonds is 10. The summed E-state index contributed by atoms with van der Waals surface area (Å²) in [7, 11) is 1.68. The number of morpholine rings is 1. The maximum atomic E-state index is 12.7. The normalized spacial score (nSPS) is 14.0. The van der Waals surface area contributed by atoms with Gasteiger partial charge >= 0.3 is 5.97 Å². The van der Waals surface area contributed by atoms with Gasteiger partial charge in [0.05, 0.1) is 44.2 Å². The molecular weight excluding hydrogens is 484 g/mol. The van der Waals surface area contributed by atoms with E-state index in [4.69, 9.17) is 4.74 Å². The number of carboxylic acid groups (broad SMARTS) is 1. The first-order chi connectivity index (χ1) is 18.1. The van der Waals surface area contributed by atoms with Crippen molar-refractivity contribution >= 4 is 35.9 Å². The third-order valence-electron chi connectivity index (χ3n) is 5.55. The maximum Gasteiger partial charge on any atom is 0.305 e. The molecule has 1 amide bonds. The quantitative estimate of drug-likeness (QED) is 0.272. The van der Waals surface area contributed by atoms with Crippen molar-refractivity contribution in [3.63, 3.8) is 0 Å². The number of carbonyl (C=O) groups excluding carboxylic acids is 2. The molecule has 0 bridgehead atoms. The zero-order valence-electron chi connectivity index (χ0n) is 23.0. The molecule has 3 rings (SSSR count). The number of likely N-dealkylation sites (N-methyl/N-ethyl adjacent to an activating group) is 1. The molecule has 9 heteroatoms. The number of aryl methyl sites for hydroxylation is 1. The summed E-state index contributed by atoms with van der Waals surface area (Å²) in [5, 5.41) is 12.3. The largest absolute Gasteiger partial charge is 0.481 e. The van der Waals surface area contributed by atoms with Crippen molar-refractivity contribution in [1.29, 1.82) is 0 Å². The monoisotopic (exact) mass is 524 g/mol. The van der Waals surface area contributed by atoms with Crippen LogP contribution in [0.1, 0.15) is 54.7 Å². The van der Waals surface area contributed by atoms with Gasteiger partial charge in [0.25, 0.3) is 0 Å². The Morgan fingerprint density at radius 3 is 2.45 bits per heavy atom. The summed E-state index contributed by atoms with van der Waals surface area (Å²) < 4.78 is 5.43. The van der Waals surface area contributed by atoms with Gasteiger partial charge in [0, 0.05) is 31.4 Å². The average molecular weight is 525 g/mol. The van der Waals surface area contributed by atoms with E-state index in [0.29, 0.717) is 24.5 Å². The molecule has 1 aliphatic heterocycles. The number of anilines is 1. The molecule has 0 aromatic heterocycles. The summed E-state index contributed by atoms with van der Waals surface area (Å²) in [6.45, 7) is 11.3. The van der Waals surface area contributed by atoms with Gasteiger partial charge in [-0.25, -0.2) is 4.99 Å². The van der Waals surface area contributed by atoms with E-state index in [1.165, 1.54) is 6.34 Å². The number of nitrogens with zero attached hydrogens (tertiary/aromatic N) is 3. The van der Waals surface area contributed by atoms with Crippen LogP contribution >= 0.6 is 0 Å². The van der Waals surface area contributed by atoms with Gasteiger partial charge < -0.3 is 25.0 Å². The first-order valence-electron chi connectivity index (χ1n) is 12.8. The van der Waals surface area contributed by atoms with Crippen molar-refractivity contribution in [3.05, 3.63) is 59.2 Å². The molecule has 0 radical (unpaired) electrons. The summed E-state index contributed by atoms with van der Waals surface area (Å²) in [6, 6.07) is 12.0. The highest BCUT2D eigenvalue weighted by molar-refractivity contribution is 5.85. The number of nitrogens with one attached hydrogen (secondary N) is 1. The molecule has 1 saturated heterocycles. The molecule has 2 aromatic rings. The summed E-state index contributed by atoms with van der Waals surface area (Å²) >= 11 is 0. The van der Waals surface area contributed by atoms with Gasteiger partial charge in [-0.05, 0) is 42.2 Å². The van der Waals surface area contributed by atoms with Crippen LogP contribution in [0.3, 0.4) is 0 Å². The Morgan fingerprint density at radius 2 is 1.82 bits per heavy atom. The number of hydrogen-bond acceptors (Lipinski definition) is 6. The Bertz CT molecular complexity index is 1090. The van der Waals surface area contributed by atoms with Gasteiger partial charge in [0.2, 0.25) is 5.91 Å². The van der Waals surface area contributed by atoms with Crippen molar-refractivity contribution < 1.29 is 24.2 Å². The minimum absolute atomic E-state index is 0.0228. The second kappa shape index (κ2) is 15.5. The second-order valence-corrected chi connectivity index (χ2v) is 9.93. The minimum Gasteiger partial charge on any atom is -0.481 e. The SMILES string of the molecule is CC(C)C.Cc1ccc(C(CC(=O)O)NC(=O)CN(C)C=Nc2ccccc2C=O)cc1N1CCOCC1. The van der Waals surface area contributed by atoms with Crippen molar-refractivity contribution in [1.82, 2.24) is 10.2 Å². The van der Waals surface area contributed by atoms with Crippen LogP contribution in [-0.2, 0) is 14.3 Å². The fraction of sp³-hybridized carbons (Fsp3) is 0.448. The van der Waals surface area contributed by atoms with Crippen LogP contribution in [-0.4, -0.2) is 74.4 Å². The van der Waals surface area contributed by atoms with Crippen molar-refractivity contribution in [2.24, 2.45) is 10.9 Å². The number of carbonyl (C=O) groups is 3. The molecule has 1 heterocycles. The number of amides is 1. The number of aldehydes is 1. The molecule has 0 spiro atoms. The van der Waals surface area contributed by atoms with E-state index in [9.17, 15) is 19.5 Å². The van der Waals surface area contributed by atoms with Crippen molar-refractivity contribution in [2.45, 2.75) is 40.2 Å². The molecule has 38 heavy (non-hydrogen) atoms. The van der Waals surface area contributed by atoms with Crippen LogP contribution in [0.5, 0.6) is 0 Å². The number of aliphatic carboxylic acids is 1. The molecular formula is C29H40N4O5. The lowest BCUT2D eigenvalue weighted by molar-refractivity contribution is -0.137. The third-order valence-corrected chi connectivity index (χ3v) is 5.55. The Labute approximate surface area is 225 Å². The van der Waals surface area contributed by atoms with E-state index in [2.05, 4.69) is 36.0 Å². The Kier molecular flexibility index (Phi) is 12.5. The van der Waals surface area contributed by atoms with Gasteiger partial charge in [-0.15, -0.1) is 0 Å². The number of para-hydroxylation sites is 1. The van der Waals surface area contributed by atoms with Crippen LogP contribution in [0, 0.1) is 12.8 Å². The molecule has 9 nitrogen and oxygen atoms in total. The summed E-state index contributed by atoms with van der Waals surface area (Å²) in [6.07, 6.45) is 1.96. The summed E-state index contributed by atoms with van der Waals surface area (Å²) in [5.41, 5.74) is 3.79. The predicted octanol–water partition coefficient (Wildman–Crippen LogP) is 4.23. The van der Waals surface area contributed by atoms with E-state index < -0.39 is 12.0 Å². The van der Waals surface area contributed by atoms with Crippen LogP contribution in [0.25, 0.3) is 0 Å². The fourth-order valence-corrected chi connectivity index (χ4v) is 3.79. The molecule has 1 atom stereocenters. The van der Waals surface area contributed by atoms with Gasteiger partial charge in [-0.3, -0.25) is 14.4 Å². The Balaban J connectivity index is 0.00000118. The van der Waals surface area contributed by atoms with Gasteiger partial charge in [0.1, 0.15) is 0 Å². The van der Waals surface area contributed by atoms with E-state index in [0.717, 1.165) is 42.1 Å². The predicted molar refractivity (Wildman–Crippen MR) is 150 cm³/mol. The zero-order chi connectivity index (χ0) is 28.1. The van der Waals surface area contributed by atoms with Crippen LogP contribution < -0.4 is 10.2 Å². The summed E-state index contributed by atoms with van der Waals surface area (Å²) in [4.78, 5) is 43.4. The second-order valence-electron chi connectivity index (χ2n) is 9.93. The Hall–Kier alpha value is -3.72. The molecule has 1 aliphatic rings. The highest BCUT2D eigenvalue weighted by atomic mass is 16.5. The molecule has 0 aliphatic carbocycles. The molecule has 1 unspecified atom stereocenters. The number of ether oxygens (including phenoxy) is 1. The highest BCUT2D eigenvalue weighted by Crippen LogP contribution is 2.27. The molecule has 2 N–H and O–H groups in total. The smallest absolute Gasteiger partial charge is 0.305 e. The Morgan fingerprint density at radius 1 is 1.16 bits per heavy atom. The zero-order valence-corrected chi connectivity index (χ0v) is 23.0. The van der Waals surface area contributed by atoms with Gasteiger partial charge in [0.15, 0.2) is 6.29 Å². The van der Waals surface area contributed by atoms with Crippen molar-refractivity contribution in [3.8, 4) is 0 Å². The van der Waals surface area contributed by atoms with Crippen molar-refractivity contribution in [2.75, 3.05) is 44.8 Å². The van der Waals surface area contributed by atoms with E-state index in [1.807, 2.05) is 25.1 Å². The minimum atomic E-state index is -1.00. The third kappa shape index (κ3) is 10.3. The molecule has 2 aromatic carbocycles. The van der Waals surface area contributed by atoms with Gasteiger partial charge in [-0.2, -0.15) is 0 Å². The van der Waals surface area contributed by atoms with E-state index in [-0.39, 0.29) is 18.9 Å². The highest BCUT2D eigenvalue weighted by Gasteiger charge is 2.21. The molecule has 0 saturated carbocycles. The number of hydrogen-bond donors (Lipinski definition) is 2. The molecule has 206 valence electrons.